The summed E-state index contributed by atoms with van der Waals surface area (Å²) in [6, 6.07) is 18.6. The highest BCUT2D eigenvalue weighted by molar-refractivity contribution is 5.87. The fourth-order valence-corrected chi connectivity index (χ4v) is 4.34. The smallest absolute Gasteiger partial charge is 0.231 e. The molecule has 0 radical (unpaired) electrons. The number of nitrogens with one attached hydrogen (secondary N) is 2. The van der Waals surface area contributed by atoms with E-state index in [-0.39, 0.29) is 0 Å². The predicted octanol–water partition coefficient (Wildman–Crippen LogP) is 5.84. The average molecular weight is 452 g/mol. The largest absolute Gasteiger partial charge is 0.438 e. The lowest BCUT2D eigenvalue weighted by Crippen LogP contribution is -2.28. The van der Waals surface area contributed by atoms with Gasteiger partial charge in [0, 0.05) is 24.0 Å². The molecule has 34 heavy (non-hydrogen) atoms. The minimum absolute atomic E-state index is 0.528. The van der Waals surface area contributed by atoms with E-state index in [4.69, 9.17) is 4.74 Å². The molecule has 0 aliphatic carbocycles. The van der Waals surface area contributed by atoms with Crippen LogP contribution in [0, 0.1) is 11.8 Å². The monoisotopic (exact) mass is 451 g/mol. The van der Waals surface area contributed by atoms with Crippen molar-refractivity contribution in [2.45, 2.75) is 32.7 Å². The number of piperidine rings is 1. The van der Waals surface area contributed by atoms with Crippen LogP contribution in [-0.2, 0) is 6.54 Å². The van der Waals surface area contributed by atoms with E-state index in [0.717, 1.165) is 34.5 Å². The van der Waals surface area contributed by atoms with Crippen LogP contribution in [0.1, 0.15) is 31.7 Å². The third-order valence-electron chi connectivity index (χ3n) is 6.12. The molecule has 0 amide bonds. The molecule has 2 N–H and O–H groups in total. The molecule has 2 aromatic heterocycles. The maximum Gasteiger partial charge on any atom is 0.231 e. The van der Waals surface area contributed by atoms with Gasteiger partial charge in [0.1, 0.15) is 17.7 Å². The first-order valence-electron chi connectivity index (χ1n) is 11.9. The number of hydrogen-bond acceptors (Lipinski definition) is 5. The minimum atomic E-state index is 0.528. The molecule has 5 rings (SSSR count). The summed E-state index contributed by atoms with van der Waals surface area (Å²) < 4.78 is 6.14. The van der Waals surface area contributed by atoms with E-state index in [9.17, 15) is 0 Å². The highest BCUT2D eigenvalue weighted by atomic mass is 16.5. The van der Waals surface area contributed by atoms with E-state index in [1.807, 2.05) is 31.2 Å². The van der Waals surface area contributed by atoms with Crippen molar-refractivity contribution >= 4 is 16.7 Å². The Morgan fingerprint density at radius 2 is 1.88 bits per heavy atom. The van der Waals surface area contributed by atoms with Crippen LogP contribution >= 0.6 is 0 Å². The summed E-state index contributed by atoms with van der Waals surface area (Å²) in [5.41, 5.74) is 5.17. The SMILES string of the molecule is CC#CCNc1cccc(Oc2ncnc3[nH]c(-c4ccc(CN5CCCCC5)cc4)cc23)c1. The molecule has 1 fully saturated rings. The Hall–Kier alpha value is -3.82. The van der Waals surface area contributed by atoms with E-state index >= 15 is 0 Å². The summed E-state index contributed by atoms with van der Waals surface area (Å²) in [4.78, 5) is 14.8. The number of anilines is 1. The van der Waals surface area contributed by atoms with E-state index in [2.05, 4.69) is 67.3 Å². The standard InChI is InChI=1S/C28H29N5O/c1-2-3-14-29-23-8-7-9-24(17-23)34-28-25-18-26(32-27(25)30-20-31-28)22-12-10-21(11-13-22)19-33-15-5-4-6-16-33/h7-13,17-18,20,29H,4-6,14-16,19H2,1H3,(H,30,31,32). The van der Waals surface area contributed by atoms with Crippen molar-refractivity contribution in [2.75, 3.05) is 25.0 Å². The molecule has 0 saturated carbocycles. The molecule has 3 heterocycles. The van der Waals surface area contributed by atoms with Crippen molar-refractivity contribution in [3.8, 4) is 34.7 Å². The van der Waals surface area contributed by atoms with Crippen molar-refractivity contribution in [1.29, 1.82) is 0 Å². The van der Waals surface area contributed by atoms with Gasteiger partial charge in [-0.05, 0) is 62.2 Å². The normalized spacial score (nSPS) is 13.9. The van der Waals surface area contributed by atoms with Crippen LogP contribution < -0.4 is 10.1 Å². The quantitative estimate of drug-likeness (QED) is 0.346. The molecule has 4 aromatic rings. The Labute approximate surface area is 200 Å². The molecule has 0 spiro atoms. The van der Waals surface area contributed by atoms with Crippen LogP contribution in [-0.4, -0.2) is 39.5 Å². The summed E-state index contributed by atoms with van der Waals surface area (Å²) in [5, 5.41) is 4.12. The topological polar surface area (TPSA) is 66.1 Å². The Kier molecular flexibility index (Phi) is 6.73. The number of aromatic nitrogens is 3. The zero-order chi connectivity index (χ0) is 23.2. The molecule has 172 valence electrons. The van der Waals surface area contributed by atoms with Crippen LogP contribution in [0.2, 0.25) is 0 Å². The number of hydrogen-bond donors (Lipinski definition) is 2. The third kappa shape index (κ3) is 5.22. The Balaban J connectivity index is 1.33. The van der Waals surface area contributed by atoms with Gasteiger partial charge in [0.25, 0.3) is 0 Å². The number of likely N-dealkylation sites (tertiary alicyclic amines) is 1. The van der Waals surface area contributed by atoms with Gasteiger partial charge in [-0.25, -0.2) is 9.97 Å². The molecular formula is C28H29N5O. The van der Waals surface area contributed by atoms with Crippen molar-refractivity contribution in [1.82, 2.24) is 19.9 Å². The number of fused-ring (bicyclic) bond motifs is 1. The number of ether oxygens (including phenoxy) is 1. The van der Waals surface area contributed by atoms with Crippen LogP contribution in [0.3, 0.4) is 0 Å². The lowest BCUT2D eigenvalue weighted by Gasteiger charge is -2.26. The lowest BCUT2D eigenvalue weighted by atomic mass is 10.1. The zero-order valence-corrected chi connectivity index (χ0v) is 19.5. The van der Waals surface area contributed by atoms with Gasteiger partial charge in [0.2, 0.25) is 5.88 Å². The Morgan fingerprint density at radius 1 is 1.03 bits per heavy atom. The Morgan fingerprint density at radius 3 is 2.71 bits per heavy atom. The first-order valence-corrected chi connectivity index (χ1v) is 11.9. The number of rotatable bonds is 7. The van der Waals surface area contributed by atoms with Gasteiger partial charge < -0.3 is 15.0 Å². The van der Waals surface area contributed by atoms with Gasteiger partial charge in [0.05, 0.1) is 11.9 Å². The number of aromatic amines is 1. The van der Waals surface area contributed by atoms with Crippen molar-refractivity contribution < 1.29 is 4.74 Å². The summed E-state index contributed by atoms with van der Waals surface area (Å²) in [7, 11) is 0. The summed E-state index contributed by atoms with van der Waals surface area (Å²) in [5.74, 6) is 7.12. The second-order valence-electron chi connectivity index (χ2n) is 8.57. The van der Waals surface area contributed by atoms with Crippen molar-refractivity contribution in [2.24, 2.45) is 0 Å². The fourth-order valence-electron chi connectivity index (χ4n) is 4.34. The number of nitrogens with zero attached hydrogens (tertiary/aromatic N) is 3. The van der Waals surface area contributed by atoms with Gasteiger partial charge in [-0.15, -0.1) is 5.92 Å². The molecule has 0 bridgehead atoms. The lowest BCUT2D eigenvalue weighted by molar-refractivity contribution is 0.221. The molecular weight excluding hydrogens is 422 g/mol. The molecule has 1 aliphatic heterocycles. The van der Waals surface area contributed by atoms with Crippen LogP contribution in [0.25, 0.3) is 22.3 Å². The molecule has 0 unspecified atom stereocenters. The fraction of sp³-hybridized carbons (Fsp3) is 0.286. The maximum absolute atomic E-state index is 6.14. The summed E-state index contributed by atoms with van der Waals surface area (Å²) >= 11 is 0. The zero-order valence-electron chi connectivity index (χ0n) is 19.5. The van der Waals surface area contributed by atoms with Gasteiger partial charge in [0.15, 0.2) is 0 Å². The second kappa shape index (κ2) is 10.4. The number of benzene rings is 2. The summed E-state index contributed by atoms with van der Waals surface area (Å²) in [6.07, 6.45) is 5.51. The molecule has 0 atom stereocenters. The number of H-pyrrole nitrogens is 1. The van der Waals surface area contributed by atoms with E-state index in [1.165, 1.54) is 44.2 Å². The van der Waals surface area contributed by atoms with Gasteiger partial charge in [-0.1, -0.05) is 42.7 Å². The molecule has 1 saturated heterocycles. The molecule has 2 aromatic carbocycles. The van der Waals surface area contributed by atoms with Gasteiger partial charge in [-0.2, -0.15) is 0 Å². The molecule has 6 nitrogen and oxygen atoms in total. The highest BCUT2D eigenvalue weighted by Crippen LogP contribution is 2.31. The van der Waals surface area contributed by atoms with Crippen molar-refractivity contribution in [3.63, 3.8) is 0 Å². The van der Waals surface area contributed by atoms with Crippen molar-refractivity contribution in [3.05, 3.63) is 66.5 Å². The first kappa shape index (κ1) is 22.0. The molecule has 1 aliphatic rings. The predicted molar refractivity (Wildman–Crippen MR) is 137 cm³/mol. The minimum Gasteiger partial charge on any atom is -0.438 e. The highest BCUT2D eigenvalue weighted by Gasteiger charge is 2.13. The molecule has 6 heteroatoms. The first-order chi connectivity index (χ1) is 16.8. The van der Waals surface area contributed by atoms with Crippen LogP contribution in [0.4, 0.5) is 5.69 Å². The second-order valence-corrected chi connectivity index (χ2v) is 8.57. The van der Waals surface area contributed by atoms with E-state index in [1.54, 1.807) is 0 Å². The maximum atomic E-state index is 6.14. The summed E-state index contributed by atoms with van der Waals surface area (Å²) in [6.45, 7) is 5.86. The van der Waals surface area contributed by atoms with E-state index < -0.39 is 0 Å². The van der Waals surface area contributed by atoms with E-state index in [0.29, 0.717) is 18.2 Å². The van der Waals surface area contributed by atoms with Gasteiger partial charge in [-0.3, -0.25) is 4.90 Å². The van der Waals surface area contributed by atoms with Gasteiger partial charge >= 0.3 is 0 Å². The van der Waals surface area contributed by atoms with Crippen LogP contribution in [0.15, 0.2) is 60.9 Å². The third-order valence-corrected chi connectivity index (χ3v) is 6.12. The average Bonchev–Trinajstić information content (AvgIpc) is 3.31. The van der Waals surface area contributed by atoms with Crippen LogP contribution in [0.5, 0.6) is 11.6 Å². The Bertz CT molecular complexity index is 1310.